The second kappa shape index (κ2) is 17.4. The van der Waals surface area contributed by atoms with Crippen LogP contribution in [-0.4, -0.2) is 29.2 Å². The lowest BCUT2D eigenvalue weighted by atomic mass is 10.0. The maximum Gasteiger partial charge on any atom is 0.325 e. The van der Waals surface area contributed by atoms with Gasteiger partial charge in [-0.15, -0.1) is 6.58 Å². The van der Waals surface area contributed by atoms with E-state index in [0.717, 1.165) is 54.7 Å². The Labute approximate surface area is 211 Å². The predicted molar refractivity (Wildman–Crippen MR) is 145 cm³/mol. The topological polar surface area (TPSA) is 76.0 Å². The number of rotatable bonds is 20. The van der Waals surface area contributed by atoms with E-state index in [-0.39, 0.29) is 6.16 Å². The Kier molecular flexibility index (Phi) is 14.5. The summed E-state index contributed by atoms with van der Waals surface area (Å²) in [4.78, 5) is 17.9. The van der Waals surface area contributed by atoms with Gasteiger partial charge in [-0.2, -0.15) is 0 Å². The summed E-state index contributed by atoms with van der Waals surface area (Å²) in [6.45, 7) is 5.03. The lowest BCUT2D eigenvalue weighted by molar-refractivity contribution is 0.292. The van der Waals surface area contributed by atoms with Crippen molar-refractivity contribution in [2.75, 3.05) is 19.4 Å². The van der Waals surface area contributed by atoms with Crippen LogP contribution in [0.1, 0.15) is 77.0 Å². The third kappa shape index (κ3) is 13.0. The monoisotopic (exact) mass is 502 g/mol. The molecule has 0 heterocycles. The van der Waals surface area contributed by atoms with Crippen molar-refractivity contribution in [2.24, 2.45) is 0 Å². The highest BCUT2D eigenvalue weighted by molar-refractivity contribution is 7.51. The van der Waals surface area contributed by atoms with Crippen molar-refractivity contribution >= 4 is 7.60 Å². The molecule has 2 N–H and O–H groups in total. The fraction of sp³-hybridized carbons (Fsp3) is 0.517. The molecule has 0 saturated heterocycles. The first kappa shape index (κ1) is 29.2. The highest BCUT2D eigenvalue weighted by atomic mass is 31.2. The van der Waals surface area contributed by atoms with Gasteiger partial charge >= 0.3 is 7.60 Å². The molecule has 0 unspecified atom stereocenters. The van der Waals surface area contributed by atoms with Gasteiger partial charge < -0.3 is 19.3 Å². The van der Waals surface area contributed by atoms with Crippen LogP contribution >= 0.6 is 7.60 Å². The molecule has 0 spiro atoms. The molecule has 0 radical (unpaired) electrons. The van der Waals surface area contributed by atoms with Crippen LogP contribution in [0.4, 0.5) is 0 Å². The van der Waals surface area contributed by atoms with Crippen LogP contribution in [0.5, 0.6) is 11.5 Å². The minimum absolute atomic E-state index is 0.0405. The number of hydrogen-bond donors (Lipinski definition) is 2. The van der Waals surface area contributed by atoms with Crippen LogP contribution in [0.3, 0.4) is 0 Å². The standard InChI is InChI=1S/C29H43O5P/c1-2-3-4-5-6-7-8-9-15-23-33-27-21-18-22-28(29(27)26-19-13-12-14-20-26)34-24-16-10-11-17-25-35(30,31)32/h2,12-14,18-22H,1,3-11,15-17,23-25H2,(H2,30,31,32). The molecule has 2 rings (SSSR count). The predicted octanol–water partition coefficient (Wildman–Crippen LogP) is 8.16. The van der Waals surface area contributed by atoms with E-state index in [1.807, 2.05) is 42.5 Å². The summed E-state index contributed by atoms with van der Waals surface area (Å²) in [5.74, 6) is 1.66. The second-order valence-corrected chi connectivity index (χ2v) is 10.8. The van der Waals surface area contributed by atoms with E-state index in [1.54, 1.807) is 0 Å². The van der Waals surface area contributed by atoms with Gasteiger partial charge in [-0.25, -0.2) is 0 Å². The van der Waals surface area contributed by atoms with E-state index >= 15 is 0 Å². The summed E-state index contributed by atoms with van der Waals surface area (Å²) in [6, 6.07) is 16.2. The molecule has 0 aromatic heterocycles. The fourth-order valence-electron chi connectivity index (χ4n) is 4.05. The van der Waals surface area contributed by atoms with Crippen molar-refractivity contribution in [3.8, 4) is 22.6 Å². The number of benzene rings is 2. The van der Waals surface area contributed by atoms with Gasteiger partial charge in [-0.1, -0.05) is 87.4 Å². The third-order valence-electron chi connectivity index (χ3n) is 5.96. The minimum Gasteiger partial charge on any atom is -0.493 e. The van der Waals surface area contributed by atoms with Crippen LogP contribution in [-0.2, 0) is 4.57 Å². The van der Waals surface area contributed by atoms with Crippen molar-refractivity contribution in [1.29, 1.82) is 0 Å². The molecule has 0 aliphatic heterocycles. The van der Waals surface area contributed by atoms with Gasteiger partial charge in [0.1, 0.15) is 11.5 Å². The normalized spacial score (nSPS) is 11.4. The maximum absolute atomic E-state index is 10.9. The van der Waals surface area contributed by atoms with Gasteiger partial charge in [-0.05, 0) is 49.8 Å². The van der Waals surface area contributed by atoms with E-state index in [4.69, 9.17) is 19.3 Å². The van der Waals surface area contributed by atoms with Gasteiger partial charge in [0.25, 0.3) is 0 Å². The molecule has 0 fully saturated rings. The molecule has 194 valence electrons. The lowest BCUT2D eigenvalue weighted by Crippen LogP contribution is -2.03. The Bertz CT molecular complexity index is 878. The summed E-state index contributed by atoms with van der Waals surface area (Å²) in [5, 5.41) is 0. The molecule has 0 amide bonds. The molecule has 5 nitrogen and oxygen atoms in total. The van der Waals surface area contributed by atoms with Crippen LogP contribution in [0, 0.1) is 0 Å². The molecular weight excluding hydrogens is 459 g/mol. The van der Waals surface area contributed by atoms with E-state index in [1.165, 1.54) is 38.5 Å². The van der Waals surface area contributed by atoms with Crippen molar-refractivity contribution < 1.29 is 23.8 Å². The first-order valence-electron chi connectivity index (χ1n) is 13.1. The summed E-state index contributed by atoms with van der Waals surface area (Å²) < 4.78 is 23.3. The number of unbranched alkanes of at least 4 members (excludes halogenated alkanes) is 10. The first-order valence-corrected chi connectivity index (χ1v) is 14.9. The van der Waals surface area contributed by atoms with E-state index in [0.29, 0.717) is 19.6 Å². The zero-order valence-corrected chi connectivity index (χ0v) is 22.0. The molecule has 35 heavy (non-hydrogen) atoms. The van der Waals surface area contributed by atoms with Crippen molar-refractivity contribution in [1.82, 2.24) is 0 Å². The zero-order chi connectivity index (χ0) is 25.2. The molecule has 2 aromatic carbocycles. The summed E-state index contributed by atoms with van der Waals surface area (Å²) >= 11 is 0. The Balaban J connectivity index is 1.82. The molecule has 0 atom stereocenters. The van der Waals surface area contributed by atoms with Gasteiger partial charge in [0, 0.05) is 6.16 Å². The fourth-order valence-corrected chi connectivity index (χ4v) is 4.69. The molecule has 0 saturated carbocycles. The maximum atomic E-state index is 10.9. The van der Waals surface area contributed by atoms with E-state index in [9.17, 15) is 4.57 Å². The van der Waals surface area contributed by atoms with Crippen molar-refractivity contribution in [3.05, 3.63) is 61.2 Å². The van der Waals surface area contributed by atoms with Gasteiger partial charge in [-0.3, -0.25) is 4.57 Å². The zero-order valence-electron chi connectivity index (χ0n) is 21.1. The largest absolute Gasteiger partial charge is 0.493 e. The lowest BCUT2D eigenvalue weighted by Gasteiger charge is -2.17. The molecule has 2 aromatic rings. The first-order chi connectivity index (χ1) is 17.0. The summed E-state index contributed by atoms with van der Waals surface area (Å²) in [6.07, 6.45) is 14.7. The highest BCUT2D eigenvalue weighted by Gasteiger charge is 2.14. The molecule has 0 aliphatic rings. The summed E-state index contributed by atoms with van der Waals surface area (Å²) in [7, 11) is -3.89. The number of ether oxygens (including phenoxy) is 2. The van der Waals surface area contributed by atoms with Crippen LogP contribution in [0.25, 0.3) is 11.1 Å². The van der Waals surface area contributed by atoms with Crippen molar-refractivity contribution in [2.45, 2.75) is 77.0 Å². The number of allylic oxidation sites excluding steroid dienone is 1. The Morgan fingerprint density at radius 3 is 1.74 bits per heavy atom. The van der Waals surface area contributed by atoms with Gasteiger partial charge in [0.2, 0.25) is 0 Å². The number of hydrogen-bond acceptors (Lipinski definition) is 3. The molecule has 6 heteroatoms. The smallest absolute Gasteiger partial charge is 0.325 e. The van der Waals surface area contributed by atoms with Crippen LogP contribution in [0.15, 0.2) is 61.2 Å². The Hall–Kier alpha value is -2.07. The Morgan fingerprint density at radius 1 is 0.686 bits per heavy atom. The summed E-state index contributed by atoms with van der Waals surface area (Å²) in [5.41, 5.74) is 2.05. The van der Waals surface area contributed by atoms with Gasteiger partial charge in [0.15, 0.2) is 0 Å². The Morgan fingerprint density at radius 2 is 1.20 bits per heavy atom. The van der Waals surface area contributed by atoms with E-state index in [2.05, 4.69) is 18.7 Å². The van der Waals surface area contributed by atoms with Crippen LogP contribution < -0.4 is 9.47 Å². The van der Waals surface area contributed by atoms with Gasteiger partial charge in [0.05, 0.1) is 18.8 Å². The second-order valence-electron chi connectivity index (χ2n) is 9.05. The van der Waals surface area contributed by atoms with Crippen molar-refractivity contribution in [3.63, 3.8) is 0 Å². The third-order valence-corrected chi connectivity index (χ3v) is 6.86. The van der Waals surface area contributed by atoms with E-state index < -0.39 is 7.60 Å². The average molecular weight is 503 g/mol. The van der Waals surface area contributed by atoms with Crippen LogP contribution in [0.2, 0.25) is 0 Å². The SMILES string of the molecule is C=CCCCCCCCCCOc1cccc(OCCCCCCP(=O)(O)O)c1-c1ccccc1. The quantitative estimate of drug-likeness (QED) is 0.109. The molecular formula is C29H43O5P. The minimum atomic E-state index is -3.89. The molecule has 0 bridgehead atoms. The average Bonchev–Trinajstić information content (AvgIpc) is 2.84. The molecule has 0 aliphatic carbocycles. The highest BCUT2D eigenvalue weighted by Crippen LogP contribution is 2.39.